The van der Waals surface area contributed by atoms with Crippen molar-refractivity contribution in [3.05, 3.63) is 41.3 Å². The first kappa shape index (κ1) is 20.0. The number of hydrogen-bond acceptors (Lipinski definition) is 5. The molecule has 6 nitrogen and oxygen atoms in total. The molecule has 1 aromatic heterocycles. The van der Waals surface area contributed by atoms with Crippen molar-refractivity contribution in [1.82, 2.24) is 10.1 Å². The summed E-state index contributed by atoms with van der Waals surface area (Å²) in [7, 11) is 0. The van der Waals surface area contributed by atoms with Gasteiger partial charge in [-0.1, -0.05) is 32.9 Å². The van der Waals surface area contributed by atoms with Crippen LogP contribution in [-0.4, -0.2) is 42.2 Å². The van der Waals surface area contributed by atoms with Gasteiger partial charge in [0.15, 0.2) is 5.76 Å². The van der Waals surface area contributed by atoms with Crippen molar-refractivity contribution in [3.63, 3.8) is 0 Å². The van der Waals surface area contributed by atoms with Crippen LogP contribution in [0.25, 0.3) is 0 Å². The maximum Gasteiger partial charge on any atom is 0.261 e. The number of nitrogens with zero attached hydrogens (tertiary/aromatic N) is 2. The quantitative estimate of drug-likeness (QED) is 0.731. The van der Waals surface area contributed by atoms with Gasteiger partial charge in [0.2, 0.25) is 0 Å². The van der Waals surface area contributed by atoms with Gasteiger partial charge in [0.1, 0.15) is 17.9 Å². The molecular formula is C20H29N3O3. The number of carbonyl (C=O) groups is 1. The summed E-state index contributed by atoms with van der Waals surface area (Å²) in [4.78, 5) is 14.9. The Morgan fingerprint density at radius 1 is 1.23 bits per heavy atom. The van der Waals surface area contributed by atoms with E-state index in [-0.39, 0.29) is 11.8 Å². The Bertz CT molecular complexity index is 704. The predicted octanol–water partition coefficient (Wildman–Crippen LogP) is 4.08. The van der Waals surface area contributed by atoms with Gasteiger partial charge in [-0.05, 0) is 44.3 Å². The standard InChI is InChI=1S/C20H29N3O3/c1-6-23(7-2)12-13-25-17-10-8-16(9-11-17)21-20(24)18-15(5)22-26-19(18)14(3)4/h8-11,14H,6-7,12-13H2,1-5H3,(H,21,24). The molecule has 6 heteroatoms. The zero-order valence-corrected chi connectivity index (χ0v) is 16.3. The SMILES string of the molecule is CCN(CC)CCOc1ccc(NC(=O)c2c(C)noc2C(C)C)cc1. The minimum absolute atomic E-state index is 0.0959. The van der Waals surface area contributed by atoms with E-state index >= 15 is 0 Å². The molecule has 142 valence electrons. The molecule has 0 saturated heterocycles. The maximum atomic E-state index is 12.6. The summed E-state index contributed by atoms with van der Waals surface area (Å²) in [5.41, 5.74) is 1.82. The highest BCUT2D eigenvalue weighted by Crippen LogP contribution is 2.24. The van der Waals surface area contributed by atoms with Crippen molar-refractivity contribution >= 4 is 11.6 Å². The lowest BCUT2D eigenvalue weighted by atomic mass is 10.0. The molecule has 0 aliphatic rings. The fourth-order valence-electron chi connectivity index (χ4n) is 2.72. The average Bonchev–Trinajstić information content (AvgIpc) is 3.02. The van der Waals surface area contributed by atoms with Crippen LogP contribution in [0.5, 0.6) is 5.75 Å². The first-order valence-corrected chi connectivity index (χ1v) is 9.18. The van der Waals surface area contributed by atoms with Crippen molar-refractivity contribution in [2.75, 3.05) is 31.6 Å². The zero-order valence-electron chi connectivity index (χ0n) is 16.3. The van der Waals surface area contributed by atoms with Crippen LogP contribution in [0.4, 0.5) is 5.69 Å². The van der Waals surface area contributed by atoms with Crippen molar-refractivity contribution < 1.29 is 14.1 Å². The lowest BCUT2D eigenvalue weighted by Crippen LogP contribution is -2.27. The number of rotatable bonds is 9. The Hall–Kier alpha value is -2.34. The summed E-state index contributed by atoms with van der Waals surface area (Å²) in [5, 5.41) is 6.81. The third-order valence-electron chi connectivity index (χ3n) is 4.32. The summed E-state index contributed by atoms with van der Waals surface area (Å²) in [5.74, 6) is 1.29. The molecule has 26 heavy (non-hydrogen) atoms. The summed E-state index contributed by atoms with van der Waals surface area (Å²) in [6.45, 7) is 13.6. The molecule has 0 aliphatic heterocycles. The van der Waals surface area contributed by atoms with E-state index < -0.39 is 0 Å². The van der Waals surface area contributed by atoms with Crippen LogP contribution in [0, 0.1) is 6.92 Å². The first-order valence-electron chi connectivity index (χ1n) is 9.18. The molecule has 1 amide bonds. The van der Waals surface area contributed by atoms with Gasteiger partial charge in [0, 0.05) is 18.2 Å². The fourth-order valence-corrected chi connectivity index (χ4v) is 2.72. The number of hydrogen-bond donors (Lipinski definition) is 1. The number of amides is 1. The smallest absolute Gasteiger partial charge is 0.261 e. The van der Waals surface area contributed by atoms with Gasteiger partial charge in [-0.2, -0.15) is 0 Å². The van der Waals surface area contributed by atoms with Gasteiger partial charge in [-0.3, -0.25) is 4.79 Å². The van der Waals surface area contributed by atoms with Gasteiger partial charge < -0.3 is 19.5 Å². The third-order valence-corrected chi connectivity index (χ3v) is 4.32. The van der Waals surface area contributed by atoms with Crippen LogP contribution in [0.2, 0.25) is 0 Å². The molecule has 1 heterocycles. The molecule has 1 aromatic carbocycles. The van der Waals surface area contributed by atoms with E-state index in [1.807, 2.05) is 38.1 Å². The second-order valence-corrected chi connectivity index (χ2v) is 6.52. The van der Waals surface area contributed by atoms with E-state index in [1.54, 1.807) is 6.92 Å². The molecule has 0 aliphatic carbocycles. The van der Waals surface area contributed by atoms with Crippen molar-refractivity contribution in [1.29, 1.82) is 0 Å². The highest BCUT2D eigenvalue weighted by molar-refractivity contribution is 6.05. The lowest BCUT2D eigenvalue weighted by molar-refractivity contribution is 0.102. The molecule has 2 rings (SSSR count). The van der Waals surface area contributed by atoms with Crippen LogP contribution in [-0.2, 0) is 0 Å². The Morgan fingerprint density at radius 2 is 1.88 bits per heavy atom. The maximum absolute atomic E-state index is 12.6. The van der Waals surface area contributed by atoms with E-state index in [1.165, 1.54) is 0 Å². The number of likely N-dealkylation sites (N-methyl/N-ethyl adjacent to an activating group) is 1. The van der Waals surface area contributed by atoms with E-state index in [0.29, 0.717) is 29.3 Å². The van der Waals surface area contributed by atoms with Crippen LogP contribution >= 0.6 is 0 Å². The van der Waals surface area contributed by atoms with Crippen molar-refractivity contribution in [2.24, 2.45) is 0 Å². The Morgan fingerprint density at radius 3 is 2.46 bits per heavy atom. The topological polar surface area (TPSA) is 67.6 Å². The summed E-state index contributed by atoms with van der Waals surface area (Å²) < 4.78 is 11.0. The Balaban J connectivity index is 1.95. The molecule has 0 atom stereocenters. The number of benzene rings is 1. The predicted molar refractivity (Wildman–Crippen MR) is 103 cm³/mol. The van der Waals surface area contributed by atoms with Gasteiger partial charge in [0.05, 0.1) is 5.69 Å². The summed E-state index contributed by atoms with van der Waals surface area (Å²) >= 11 is 0. The largest absolute Gasteiger partial charge is 0.492 e. The van der Waals surface area contributed by atoms with Gasteiger partial charge >= 0.3 is 0 Å². The molecule has 2 aromatic rings. The van der Waals surface area contributed by atoms with E-state index in [2.05, 4.69) is 29.2 Å². The second-order valence-electron chi connectivity index (χ2n) is 6.52. The highest BCUT2D eigenvalue weighted by Gasteiger charge is 2.22. The number of carbonyl (C=O) groups excluding carboxylic acids is 1. The molecule has 0 saturated carbocycles. The number of anilines is 1. The summed E-state index contributed by atoms with van der Waals surface area (Å²) in [6.07, 6.45) is 0. The van der Waals surface area contributed by atoms with E-state index in [4.69, 9.17) is 9.26 Å². The molecule has 0 radical (unpaired) electrons. The normalized spacial score (nSPS) is 11.2. The molecule has 0 spiro atoms. The number of aromatic nitrogens is 1. The molecule has 0 unspecified atom stereocenters. The minimum atomic E-state index is -0.206. The van der Waals surface area contributed by atoms with Crippen LogP contribution in [0.1, 0.15) is 55.4 Å². The van der Waals surface area contributed by atoms with Gasteiger partial charge in [0.25, 0.3) is 5.91 Å². The van der Waals surface area contributed by atoms with Crippen LogP contribution in [0.3, 0.4) is 0 Å². The first-order chi connectivity index (χ1) is 12.5. The molecule has 0 bridgehead atoms. The molecule has 1 N–H and O–H groups in total. The van der Waals surface area contributed by atoms with Gasteiger partial charge in [-0.15, -0.1) is 0 Å². The van der Waals surface area contributed by atoms with Crippen LogP contribution < -0.4 is 10.1 Å². The second kappa shape index (κ2) is 9.38. The van der Waals surface area contributed by atoms with E-state index in [9.17, 15) is 4.79 Å². The Kier molecular flexibility index (Phi) is 7.21. The monoisotopic (exact) mass is 359 g/mol. The molecular weight excluding hydrogens is 330 g/mol. The lowest BCUT2D eigenvalue weighted by Gasteiger charge is -2.18. The Labute approximate surface area is 155 Å². The number of ether oxygens (including phenoxy) is 1. The van der Waals surface area contributed by atoms with Crippen molar-refractivity contribution in [2.45, 2.75) is 40.5 Å². The third kappa shape index (κ3) is 5.08. The summed E-state index contributed by atoms with van der Waals surface area (Å²) in [6, 6.07) is 7.40. The van der Waals surface area contributed by atoms with Crippen LogP contribution in [0.15, 0.2) is 28.8 Å². The molecule has 0 fully saturated rings. The average molecular weight is 359 g/mol. The zero-order chi connectivity index (χ0) is 19.1. The minimum Gasteiger partial charge on any atom is -0.492 e. The van der Waals surface area contributed by atoms with Crippen molar-refractivity contribution in [3.8, 4) is 5.75 Å². The highest BCUT2D eigenvalue weighted by atomic mass is 16.5. The van der Waals surface area contributed by atoms with E-state index in [0.717, 1.165) is 25.4 Å². The van der Waals surface area contributed by atoms with Gasteiger partial charge in [-0.25, -0.2) is 0 Å². The number of aryl methyl sites for hydroxylation is 1. The number of nitrogens with one attached hydrogen (secondary N) is 1. The fraction of sp³-hybridized carbons (Fsp3) is 0.500.